The Kier molecular flexibility index (Phi) is 3.72. The minimum atomic E-state index is -0.0871. The number of carbonyl (C=O) groups excluding carboxylic acids is 1. The third-order valence-electron chi connectivity index (χ3n) is 5.68. The highest BCUT2D eigenvalue weighted by Crippen LogP contribution is 2.62. The van der Waals surface area contributed by atoms with Crippen LogP contribution in [0.15, 0.2) is 0 Å². The Hall–Kier alpha value is -0.570. The molecule has 3 heteroatoms. The van der Waals surface area contributed by atoms with Crippen LogP contribution >= 0.6 is 0 Å². The van der Waals surface area contributed by atoms with Crippen molar-refractivity contribution in [2.24, 2.45) is 22.7 Å². The minimum Gasteiger partial charge on any atom is -0.463 e. The van der Waals surface area contributed by atoms with Gasteiger partial charge in [0.25, 0.3) is 0 Å². The lowest BCUT2D eigenvalue weighted by Crippen LogP contribution is -2.51. The number of rotatable bonds is 4. The summed E-state index contributed by atoms with van der Waals surface area (Å²) in [5.74, 6) is 0.584. The summed E-state index contributed by atoms with van der Waals surface area (Å²) in [5.41, 5.74) is 0.476. The highest BCUT2D eigenvalue weighted by molar-refractivity contribution is 5.74. The third kappa shape index (κ3) is 2.18. The second-order valence-corrected chi connectivity index (χ2v) is 6.82. The number of fused-ring (bicyclic) bond motifs is 3. The average Bonchev–Trinajstić information content (AvgIpc) is 2.36. The van der Waals surface area contributed by atoms with Gasteiger partial charge in [0, 0.05) is 0 Å². The van der Waals surface area contributed by atoms with E-state index >= 15 is 0 Å². The van der Waals surface area contributed by atoms with E-state index in [1.807, 2.05) is 0 Å². The van der Waals surface area contributed by atoms with Crippen LogP contribution < -0.4 is 0 Å². The number of hydrogen-bond acceptors (Lipinski definition) is 3. The molecule has 0 aromatic rings. The van der Waals surface area contributed by atoms with Gasteiger partial charge in [0.05, 0.1) is 12.5 Å². The van der Waals surface area contributed by atoms with E-state index in [2.05, 4.69) is 20.8 Å². The van der Waals surface area contributed by atoms with Crippen LogP contribution in [0.25, 0.3) is 0 Å². The quantitative estimate of drug-likeness (QED) is 0.785. The van der Waals surface area contributed by atoms with Crippen molar-refractivity contribution >= 4 is 5.97 Å². The van der Waals surface area contributed by atoms with Crippen molar-refractivity contribution in [1.82, 2.24) is 0 Å². The van der Waals surface area contributed by atoms with Crippen LogP contribution in [0.1, 0.15) is 52.9 Å². The first-order valence-electron chi connectivity index (χ1n) is 7.21. The second kappa shape index (κ2) is 4.84. The van der Waals surface area contributed by atoms with Gasteiger partial charge in [-0.3, -0.25) is 4.79 Å². The fourth-order valence-electron chi connectivity index (χ4n) is 3.95. The van der Waals surface area contributed by atoms with Crippen molar-refractivity contribution in [3.05, 3.63) is 0 Å². The molecule has 1 N–H and O–H groups in total. The van der Waals surface area contributed by atoms with E-state index in [1.165, 1.54) is 12.8 Å². The van der Waals surface area contributed by atoms with Crippen molar-refractivity contribution in [3.63, 3.8) is 0 Å². The Morgan fingerprint density at radius 3 is 2.44 bits per heavy atom. The van der Waals surface area contributed by atoms with Gasteiger partial charge >= 0.3 is 5.97 Å². The molecule has 104 valence electrons. The molecule has 3 saturated carbocycles. The van der Waals surface area contributed by atoms with Gasteiger partial charge < -0.3 is 9.84 Å². The van der Waals surface area contributed by atoms with Gasteiger partial charge in [-0.25, -0.2) is 0 Å². The molecule has 3 rings (SSSR count). The van der Waals surface area contributed by atoms with Gasteiger partial charge in [0.1, 0.15) is 6.61 Å². The lowest BCUT2D eigenvalue weighted by Gasteiger charge is -2.57. The molecule has 1 atom stereocenters. The van der Waals surface area contributed by atoms with Gasteiger partial charge in [-0.15, -0.1) is 0 Å². The zero-order valence-electron chi connectivity index (χ0n) is 11.9. The minimum absolute atomic E-state index is 0.0361. The topological polar surface area (TPSA) is 46.5 Å². The van der Waals surface area contributed by atoms with Gasteiger partial charge in [-0.1, -0.05) is 20.8 Å². The van der Waals surface area contributed by atoms with E-state index in [4.69, 9.17) is 9.84 Å². The van der Waals surface area contributed by atoms with Crippen LogP contribution in [0.2, 0.25) is 0 Å². The summed E-state index contributed by atoms with van der Waals surface area (Å²) in [5, 5.41) is 8.77. The lowest BCUT2D eigenvalue weighted by molar-refractivity contribution is -0.168. The molecular weight excluding hydrogens is 228 g/mol. The number of ether oxygens (including phenoxy) is 1. The number of aliphatic hydroxyl groups is 1. The van der Waals surface area contributed by atoms with Gasteiger partial charge in [-0.05, 0) is 48.9 Å². The van der Waals surface area contributed by atoms with Crippen molar-refractivity contribution in [2.75, 3.05) is 13.2 Å². The van der Waals surface area contributed by atoms with E-state index in [-0.39, 0.29) is 30.5 Å². The van der Waals surface area contributed by atoms with Crippen LogP contribution in [0.5, 0.6) is 0 Å². The maximum Gasteiger partial charge on any atom is 0.309 e. The summed E-state index contributed by atoms with van der Waals surface area (Å²) in [6.07, 6.45) is 5.77. The number of esters is 1. The highest BCUT2D eigenvalue weighted by atomic mass is 16.5. The van der Waals surface area contributed by atoms with Crippen LogP contribution in [0.3, 0.4) is 0 Å². The van der Waals surface area contributed by atoms with Crippen molar-refractivity contribution in [2.45, 2.75) is 52.9 Å². The molecule has 0 aliphatic heterocycles. The fraction of sp³-hybridized carbons (Fsp3) is 0.933. The van der Waals surface area contributed by atoms with E-state index in [9.17, 15) is 4.79 Å². The molecule has 0 aromatic carbocycles. The molecule has 18 heavy (non-hydrogen) atoms. The first-order valence-corrected chi connectivity index (χ1v) is 7.21. The van der Waals surface area contributed by atoms with Crippen LogP contribution in [0.4, 0.5) is 0 Å². The van der Waals surface area contributed by atoms with Crippen LogP contribution in [-0.2, 0) is 9.53 Å². The molecule has 0 saturated heterocycles. The molecule has 3 nitrogen and oxygen atoms in total. The lowest BCUT2D eigenvalue weighted by atomic mass is 9.47. The van der Waals surface area contributed by atoms with E-state index in [0.717, 1.165) is 19.3 Å². The summed E-state index contributed by atoms with van der Waals surface area (Å²) in [7, 11) is 0. The highest BCUT2D eigenvalue weighted by Gasteiger charge is 2.55. The molecule has 2 bridgehead atoms. The van der Waals surface area contributed by atoms with Crippen LogP contribution in [0, 0.1) is 22.7 Å². The van der Waals surface area contributed by atoms with Crippen LogP contribution in [-0.4, -0.2) is 24.3 Å². The smallest absolute Gasteiger partial charge is 0.309 e. The first-order chi connectivity index (χ1) is 8.43. The maximum absolute atomic E-state index is 12.2. The largest absolute Gasteiger partial charge is 0.463 e. The molecule has 0 amide bonds. The predicted molar refractivity (Wildman–Crippen MR) is 70.0 cm³/mol. The summed E-state index contributed by atoms with van der Waals surface area (Å²) < 4.78 is 5.18. The van der Waals surface area contributed by atoms with Gasteiger partial charge in [0.15, 0.2) is 0 Å². The summed E-state index contributed by atoms with van der Waals surface area (Å²) in [4.78, 5) is 12.2. The van der Waals surface area contributed by atoms with E-state index < -0.39 is 0 Å². The zero-order chi connectivity index (χ0) is 13.4. The predicted octanol–water partition coefficient (Wildman–Crippen LogP) is 2.76. The van der Waals surface area contributed by atoms with E-state index in [0.29, 0.717) is 11.3 Å². The Balaban J connectivity index is 2.13. The average molecular weight is 254 g/mol. The Labute approximate surface area is 110 Å². The second-order valence-electron chi connectivity index (χ2n) is 6.82. The standard InChI is InChI=1S/C15H26O3/c1-11(2)15-6-4-14(3,5-7-15)12(10-15)13(17)18-9-8-16/h11-12,16H,4-10H2,1-3H3. The maximum atomic E-state index is 12.2. The van der Waals surface area contributed by atoms with Crippen molar-refractivity contribution in [1.29, 1.82) is 0 Å². The van der Waals surface area contributed by atoms with Crippen molar-refractivity contribution < 1.29 is 14.6 Å². The molecule has 0 spiro atoms. The summed E-state index contributed by atoms with van der Waals surface area (Å²) in [6.45, 7) is 6.86. The molecule has 0 heterocycles. The SMILES string of the molecule is CC(C)C12CCC(C)(CC1)C(C(=O)OCCO)C2. The molecular formula is C15H26O3. The zero-order valence-corrected chi connectivity index (χ0v) is 11.9. The molecule has 3 aliphatic rings. The van der Waals surface area contributed by atoms with Gasteiger partial charge in [-0.2, -0.15) is 0 Å². The van der Waals surface area contributed by atoms with Crippen molar-refractivity contribution in [3.8, 4) is 0 Å². The molecule has 3 aliphatic carbocycles. The van der Waals surface area contributed by atoms with E-state index in [1.54, 1.807) is 0 Å². The Morgan fingerprint density at radius 1 is 1.33 bits per heavy atom. The Morgan fingerprint density at radius 2 is 1.94 bits per heavy atom. The van der Waals surface area contributed by atoms with Gasteiger partial charge in [0.2, 0.25) is 0 Å². The molecule has 0 radical (unpaired) electrons. The molecule has 0 aromatic heterocycles. The number of carbonyl (C=O) groups is 1. The normalized spacial score (nSPS) is 39.1. The monoisotopic (exact) mass is 254 g/mol. The number of hydrogen-bond donors (Lipinski definition) is 1. The summed E-state index contributed by atoms with van der Waals surface area (Å²) in [6, 6.07) is 0. The molecule has 3 fully saturated rings. The fourth-order valence-corrected chi connectivity index (χ4v) is 3.95. The Bertz CT molecular complexity index is 314. The summed E-state index contributed by atoms with van der Waals surface area (Å²) >= 11 is 0. The number of aliphatic hydroxyl groups excluding tert-OH is 1. The molecule has 1 unspecified atom stereocenters. The third-order valence-corrected chi connectivity index (χ3v) is 5.68. The first kappa shape index (κ1) is 13.9.